The molecule has 0 aromatic heterocycles. The molecule has 1 saturated heterocycles. The van der Waals surface area contributed by atoms with E-state index in [1.165, 1.54) is 11.1 Å². The second-order valence-electron chi connectivity index (χ2n) is 7.31. The number of nitrogens with zero attached hydrogens (tertiary/aromatic N) is 2. The van der Waals surface area contributed by atoms with Crippen LogP contribution in [0.4, 0.5) is 0 Å². The maximum Gasteiger partial charge on any atom is 0.0409 e. The Hall–Kier alpha value is -2.16. The second-order valence-corrected chi connectivity index (χ2v) is 7.31. The lowest BCUT2D eigenvalue weighted by Gasteiger charge is -2.51. The van der Waals surface area contributed by atoms with E-state index in [1.54, 1.807) is 0 Å². The first-order chi connectivity index (χ1) is 12.8. The highest BCUT2D eigenvalue weighted by Gasteiger charge is 2.39. The van der Waals surface area contributed by atoms with E-state index in [-0.39, 0.29) is 5.54 Å². The second kappa shape index (κ2) is 8.98. The van der Waals surface area contributed by atoms with Crippen LogP contribution in [0.25, 0.3) is 0 Å². The van der Waals surface area contributed by atoms with Gasteiger partial charge >= 0.3 is 0 Å². The van der Waals surface area contributed by atoms with E-state index in [0.29, 0.717) is 0 Å². The Morgan fingerprint density at radius 2 is 1.31 bits per heavy atom. The summed E-state index contributed by atoms with van der Waals surface area (Å²) in [6, 6.07) is 21.6. The van der Waals surface area contributed by atoms with Gasteiger partial charge in [-0.15, -0.1) is 13.2 Å². The fraction of sp³-hybridized carbons (Fsp3) is 0.333. The minimum Gasteiger partial charge on any atom is -0.296 e. The molecule has 0 radical (unpaired) electrons. The van der Waals surface area contributed by atoms with Gasteiger partial charge < -0.3 is 0 Å². The summed E-state index contributed by atoms with van der Waals surface area (Å²) in [6.07, 6.45) is 6.12. The molecule has 1 heterocycles. The topological polar surface area (TPSA) is 6.48 Å². The van der Waals surface area contributed by atoms with E-state index >= 15 is 0 Å². The van der Waals surface area contributed by atoms with Gasteiger partial charge in [0.05, 0.1) is 0 Å². The summed E-state index contributed by atoms with van der Waals surface area (Å²) in [5.74, 6) is 0. The highest BCUT2D eigenvalue weighted by atomic mass is 15.3. The molecule has 0 aliphatic carbocycles. The quantitative estimate of drug-likeness (QED) is 0.628. The monoisotopic (exact) mass is 346 g/mol. The first-order valence-electron chi connectivity index (χ1n) is 9.53. The standard InChI is InChI=1S/C24H30N2/c1-3-15-24(16-4-2)21-25(19-22-11-7-5-8-12-22)17-18-26(24)20-23-13-9-6-10-14-23/h3-14H,1-2,15-21H2. The SMILES string of the molecule is C=CCC1(CC=C)CN(Cc2ccccc2)CCN1Cc1ccccc1. The molecular formula is C24H30N2. The predicted octanol–water partition coefficient (Wildman–Crippen LogP) is 4.90. The van der Waals surface area contributed by atoms with E-state index in [0.717, 1.165) is 45.6 Å². The molecule has 1 fully saturated rings. The third-order valence-corrected chi connectivity index (χ3v) is 5.39. The van der Waals surface area contributed by atoms with Crippen molar-refractivity contribution in [3.8, 4) is 0 Å². The van der Waals surface area contributed by atoms with Crippen LogP contribution in [0.2, 0.25) is 0 Å². The molecule has 0 spiro atoms. The smallest absolute Gasteiger partial charge is 0.0409 e. The van der Waals surface area contributed by atoms with Gasteiger partial charge in [0.1, 0.15) is 0 Å². The summed E-state index contributed by atoms with van der Waals surface area (Å²) in [5, 5.41) is 0. The van der Waals surface area contributed by atoms with E-state index in [1.807, 2.05) is 0 Å². The van der Waals surface area contributed by atoms with Gasteiger partial charge in [-0.2, -0.15) is 0 Å². The number of hydrogen-bond donors (Lipinski definition) is 0. The Morgan fingerprint density at radius 3 is 1.85 bits per heavy atom. The molecule has 1 aliphatic rings. The van der Waals surface area contributed by atoms with Crippen molar-refractivity contribution in [2.45, 2.75) is 31.5 Å². The number of hydrogen-bond acceptors (Lipinski definition) is 2. The van der Waals surface area contributed by atoms with E-state index in [9.17, 15) is 0 Å². The minimum absolute atomic E-state index is 0.0758. The summed E-state index contributed by atoms with van der Waals surface area (Å²) in [4.78, 5) is 5.23. The molecule has 0 saturated carbocycles. The molecular weight excluding hydrogens is 316 g/mol. The zero-order valence-electron chi connectivity index (χ0n) is 15.7. The zero-order valence-corrected chi connectivity index (χ0v) is 15.7. The molecule has 0 N–H and O–H groups in total. The van der Waals surface area contributed by atoms with Crippen LogP contribution in [-0.2, 0) is 13.1 Å². The first-order valence-corrected chi connectivity index (χ1v) is 9.53. The Balaban J connectivity index is 1.79. The van der Waals surface area contributed by atoms with Crippen LogP contribution < -0.4 is 0 Å². The van der Waals surface area contributed by atoms with Crippen LogP contribution >= 0.6 is 0 Å². The summed E-state index contributed by atoms with van der Waals surface area (Å²) >= 11 is 0. The maximum absolute atomic E-state index is 4.05. The molecule has 1 aliphatic heterocycles. The van der Waals surface area contributed by atoms with Gasteiger partial charge in [0, 0.05) is 38.3 Å². The number of rotatable bonds is 8. The highest BCUT2D eigenvalue weighted by Crippen LogP contribution is 2.32. The molecule has 2 aromatic rings. The van der Waals surface area contributed by atoms with Crippen LogP contribution in [0.3, 0.4) is 0 Å². The van der Waals surface area contributed by atoms with Gasteiger partial charge in [-0.3, -0.25) is 9.80 Å². The Bertz CT molecular complexity index is 683. The van der Waals surface area contributed by atoms with Crippen LogP contribution in [0, 0.1) is 0 Å². The molecule has 26 heavy (non-hydrogen) atoms. The molecule has 0 bridgehead atoms. The molecule has 2 heteroatoms. The Kier molecular flexibility index (Phi) is 6.43. The molecule has 2 aromatic carbocycles. The molecule has 0 amide bonds. The average Bonchev–Trinajstić information content (AvgIpc) is 2.66. The summed E-state index contributed by atoms with van der Waals surface area (Å²) < 4.78 is 0. The van der Waals surface area contributed by atoms with Crippen molar-refractivity contribution in [3.63, 3.8) is 0 Å². The third kappa shape index (κ3) is 4.51. The van der Waals surface area contributed by atoms with Crippen molar-refractivity contribution in [1.29, 1.82) is 0 Å². The third-order valence-electron chi connectivity index (χ3n) is 5.39. The van der Waals surface area contributed by atoms with Gasteiger partial charge in [-0.1, -0.05) is 72.8 Å². The van der Waals surface area contributed by atoms with Crippen molar-refractivity contribution in [1.82, 2.24) is 9.80 Å². The van der Waals surface area contributed by atoms with Gasteiger partial charge in [-0.25, -0.2) is 0 Å². The fourth-order valence-electron chi connectivity index (χ4n) is 4.13. The van der Waals surface area contributed by atoms with Crippen LogP contribution in [-0.4, -0.2) is 35.0 Å². The Labute approximate surface area is 158 Å². The minimum atomic E-state index is 0.0758. The normalized spacial score (nSPS) is 17.7. The van der Waals surface area contributed by atoms with Crippen LogP contribution in [0.5, 0.6) is 0 Å². The van der Waals surface area contributed by atoms with Gasteiger partial charge in [0.2, 0.25) is 0 Å². The van der Waals surface area contributed by atoms with E-state index in [2.05, 4.69) is 95.8 Å². The zero-order chi connectivity index (χ0) is 18.2. The lowest BCUT2D eigenvalue weighted by Crippen LogP contribution is -2.61. The molecule has 0 unspecified atom stereocenters. The summed E-state index contributed by atoms with van der Waals surface area (Å²) in [6.45, 7) is 13.3. The lowest BCUT2D eigenvalue weighted by molar-refractivity contribution is -0.00972. The van der Waals surface area contributed by atoms with Crippen molar-refractivity contribution in [3.05, 3.63) is 97.1 Å². The van der Waals surface area contributed by atoms with Crippen LogP contribution in [0.15, 0.2) is 86.0 Å². The molecule has 0 atom stereocenters. The first kappa shape index (κ1) is 18.6. The fourth-order valence-corrected chi connectivity index (χ4v) is 4.13. The van der Waals surface area contributed by atoms with E-state index < -0.39 is 0 Å². The van der Waals surface area contributed by atoms with Gasteiger partial charge in [0.25, 0.3) is 0 Å². The molecule has 136 valence electrons. The maximum atomic E-state index is 4.05. The van der Waals surface area contributed by atoms with Crippen molar-refractivity contribution >= 4 is 0 Å². The van der Waals surface area contributed by atoms with Crippen LogP contribution in [0.1, 0.15) is 24.0 Å². The lowest BCUT2D eigenvalue weighted by atomic mass is 9.85. The van der Waals surface area contributed by atoms with Crippen molar-refractivity contribution < 1.29 is 0 Å². The molecule has 3 rings (SSSR count). The Morgan fingerprint density at radius 1 is 0.769 bits per heavy atom. The summed E-state index contributed by atoms with van der Waals surface area (Å²) in [7, 11) is 0. The average molecular weight is 347 g/mol. The van der Waals surface area contributed by atoms with Gasteiger partial charge in [-0.05, 0) is 24.0 Å². The summed E-state index contributed by atoms with van der Waals surface area (Å²) in [5.41, 5.74) is 2.84. The van der Waals surface area contributed by atoms with Gasteiger partial charge in [0.15, 0.2) is 0 Å². The number of benzene rings is 2. The highest BCUT2D eigenvalue weighted by molar-refractivity contribution is 5.18. The van der Waals surface area contributed by atoms with E-state index in [4.69, 9.17) is 0 Å². The van der Waals surface area contributed by atoms with Crippen molar-refractivity contribution in [2.75, 3.05) is 19.6 Å². The largest absolute Gasteiger partial charge is 0.296 e. The molecule has 2 nitrogen and oxygen atoms in total. The number of piperazine rings is 1. The van der Waals surface area contributed by atoms with Crippen molar-refractivity contribution in [2.24, 2.45) is 0 Å². The predicted molar refractivity (Wildman–Crippen MR) is 111 cm³/mol.